The zero-order chi connectivity index (χ0) is 19.3. The van der Waals surface area contributed by atoms with Gasteiger partial charge < -0.3 is 9.47 Å². The Morgan fingerprint density at radius 2 is 1.12 bits per heavy atom. The minimum atomic E-state index is -4.33. The lowest BCUT2D eigenvalue weighted by molar-refractivity contribution is -0.140. The lowest BCUT2D eigenvalue weighted by Crippen LogP contribution is -2.10. The van der Waals surface area contributed by atoms with Gasteiger partial charge in [-0.2, -0.15) is 26.3 Å². The fourth-order valence-corrected chi connectivity index (χ4v) is 1.98. The Hall–Kier alpha value is -1.30. The molecule has 0 spiro atoms. The van der Waals surface area contributed by atoms with E-state index in [0.29, 0.717) is 23.5 Å². The van der Waals surface area contributed by atoms with E-state index in [1.807, 2.05) is 0 Å². The molecule has 0 atom stereocenters. The van der Waals surface area contributed by atoms with Gasteiger partial charge in [-0.05, 0) is 10.8 Å². The molecule has 144 valence electrons. The minimum Gasteiger partial charge on any atom is -0.462 e. The van der Waals surface area contributed by atoms with Crippen molar-refractivity contribution in [2.75, 3.05) is 24.7 Å². The van der Waals surface area contributed by atoms with Crippen molar-refractivity contribution >= 4 is 35.5 Å². The van der Waals surface area contributed by atoms with Crippen LogP contribution in [0.5, 0.6) is 0 Å². The summed E-state index contributed by atoms with van der Waals surface area (Å²) in [6, 6.07) is 0. The first-order chi connectivity index (χ1) is 11.5. The minimum absolute atomic E-state index is 0.130. The van der Waals surface area contributed by atoms with Crippen molar-refractivity contribution in [2.45, 2.75) is 18.8 Å². The van der Waals surface area contributed by atoms with Crippen molar-refractivity contribution in [3.05, 3.63) is 23.0 Å². The molecule has 0 saturated heterocycles. The van der Waals surface area contributed by atoms with Gasteiger partial charge in [0.25, 0.3) is 0 Å². The van der Waals surface area contributed by atoms with Crippen LogP contribution < -0.4 is 0 Å². The van der Waals surface area contributed by atoms with Gasteiger partial charge in [-0.1, -0.05) is 0 Å². The second-order valence-electron chi connectivity index (χ2n) is 4.15. The van der Waals surface area contributed by atoms with Gasteiger partial charge in [-0.3, -0.25) is 0 Å². The maximum Gasteiger partial charge on any atom is 0.398 e. The molecule has 25 heavy (non-hydrogen) atoms. The average molecular weight is 412 g/mol. The van der Waals surface area contributed by atoms with Crippen LogP contribution in [0.1, 0.15) is 6.42 Å². The predicted molar refractivity (Wildman–Crippen MR) is 81.8 cm³/mol. The monoisotopic (exact) mass is 412 g/mol. The number of esters is 2. The predicted octanol–water partition coefficient (Wildman–Crippen LogP) is 4.08. The molecule has 0 aliphatic carbocycles. The lowest BCUT2D eigenvalue weighted by Gasteiger charge is -2.04. The summed E-state index contributed by atoms with van der Waals surface area (Å²) in [7, 11) is 0. The molecular formula is C13H14F6O4S2. The number of halogens is 6. The van der Waals surface area contributed by atoms with Crippen LogP contribution >= 0.6 is 23.5 Å². The molecule has 0 fully saturated rings. The van der Waals surface area contributed by atoms with Crippen LogP contribution in [-0.4, -0.2) is 49.0 Å². The van der Waals surface area contributed by atoms with Crippen LogP contribution in [-0.2, 0) is 19.1 Å². The van der Waals surface area contributed by atoms with Crippen molar-refractivity contribution in [3.8, 4) is 0 Å². The van der Waals surface area contributed by atoms with Crippen molar-refractivity contribution in [1.29, 1.82) is 0 Å². The molecule has 0 heterocycles. The molecule has 0 aliphatic heterocycles. The second-order valence-corrected chi connectivity index (χ2v) is 5.93. The van der Waals surface area contributed by atoms with E-state index >= 15 is 0 Å². The Labute approximate surface area is 148 Å². The van der Waals surface area contributed by atoms with Gasteiger partial charge >= 0.3 is 24.3 Å². The summed E-state index contributed by atoms with van der Waals surface area (Å²) in [4.78, 5) is 22.2. The van der Waals surface area contributed by atoms with Gasteiger partial charge in [0.2, 0.25) is 0 Å². The normalized spacial score (nSPS) is 12.7. The topological polar surface area (TPSA) is 52.6 Å². The molecule has 0 saturated carbocycles. The summed E-state index contributed by atoms with van der Waals surface area (Å²) >= 11 is 0.783. The number of rotatable bonds is 10. The van der Waals surface area contributed by atoms with Crippen LogP contribution in [0.25, 0.3) is 0 Å². The highest BCUT2D eigenvalue weighted by molar-refractivity contribution is 8.02. The van der Waals surface area contributed by atoms with Crippen LogP contribution in [0.4, 0.5) is 26.3 Å². The van der Waals surface area contributed by atoms with Gasteiger partial charge in [0.15, 0.2) is 0 Å². The fraction of sp³-hybridized carbons (Fsp3) is 0.538. The SMILES string of the molecule is O=C(/C=C/SCC(F)(F)F)OCCCOC(=O)/C=C/SCC(F)(F)F. The summed E-state index contributed by atoms with van der Waals surface area (Å²) in [5, 5.41) is 1.92. The zero-order valence-corrected chi connectivity index (χ0v) is 14.2. The molecule has 0 radical (unpaired) electrons. The molecular weight excluding hydrogens is 398 g/mol. The highest BCUT2D eigenvalue weighted by Gasteiger charge is 2.26. The van der Waals surface area contributed by atoms with Gasteiger partial charge in [0.05, 0.1) is 24.7 Å². The second kappa shape index (κ2) is 12.1. The highest BCUT2D eigenvalue weighted by Crippen LogP contribution is 2.22. The first kappa shape index (κ1) is 23.7. The average Bonchev–Trinajstić information content (AvgIpc) is 2.46. The van der Waals surface area contributed by atoms with E-state index in [0.717, 1.165) is 23.0 Å². The van der Waals surface area contributed by atoms with Gasteiger partial charge in [0.1, 0.15) is 0 Å². The molecule has 0 aromatic heterocycles. The number of alkyl halides is 6. The largest absolute Gasteiger partial charge is 0.462 e. The van der Waals surface area contributed by atoms with E-state index in [1.165, 1.54) is 0 Å². The van der Waals surface area contributed by atoms with Crippen LogP contribution in [0.3, 0.4) is 0 Å². The summed E-state index contributed by atoms with van der Waals surface area (Å²) in [6.45, 7) is -0.264. The summed E-state index contributed by atoms with van der Waals surface area (Å²) in [5.74, 6) is -3.93. The number of thioether (sulfide) groups is 2. The van der Waals surface area contributed by atoms with E-state index in [4.69, 9.17) is 0 Å². The van der Waals surface area contributed by atoms with Crippen LogP contribution in [0.2, 0.25) is 0 Å². The van der Waals surface area contributed by atoms with Crippen LogP contribution in [0, 0.1) is 0 Å². The molecule has 0 aliphatic rings. The number of hydrogen-bond acceptors (Lipinski definition) is 6. The Morgan fingerprint density at radius 3 is 1.44 bits per heavy atom. The van der Waals surface area contributed by atoms with E-state index < -0.39 is 35.8 Å². The van der Waals surface area contributed by atoms with E-state index in [1.54, 1.807) is 0 Å². The first-order valence-corrected chi connectivity index (χ1v) is 8.63. The Bertz CT molecular complexity index is 432. The first-order valence-electron chi connectivity index (χ1n) is 6.53. The summed E-state index contributed by atoms with van der Waals surface area (Å²) < 4.78 is 80.2. The molecule has 0 N–H and O–H groups in total. The Morgan fingerprint density at radius 1 is 0.760 bits per heavy atom. The van der Waals surface area contributed by atoms with Gasteiger partial charge in [-0.15, -0.1) is 23.5 Å². The Balaban J connectivity index is 3.68. The smallest absolute Gasteiger partial charge is 0.398 e. The number of ether oxygens (including phenoxy) is 2. The van der Waals surface area contributed by atoms with Crippen molar-refractivity contribution in [2.24, 2.45) is 0 Å². The summed E-state index contributed by atoms with van der Waals surface area (Å²) in [6.07, 6.45) is -6.86. The third-order valence-corrected chi connectivity index (χ3v) is 3.52. The zero-order valence-electron chi connectivity index (χ0n) is 12.6. The highest BCUT2D eigenvalue weighted by atomic mass is 32.2. The fourth-order valence-electron chi connectivity index (χ4n) is 0.993. The maximum atomic E-state index is 11.8. The van der Waals surface area contributed by atoms with Crippen molar-refractivity contribution in [1.82, 2.24) is 0 Å². The maximum absolute atomic E-state index is 11.8. The standard InChI is InChI=1S/C13H14F6O4S2/c14-12(15,16)8-24-6-2-10(20)22-4-1-5-23-11(21)3-7-25-9-13(17,18)19/h2-3,6-7H,1,4-5,8-9H2/b6-2+,7-3+. The van der Waals surface area contributed by atoms with E-state index in [2.05, 4.69) is 9.47 Å². The molecule has 0 aromatic rings. The molecule has 0 unspecified atom stereocenters. The lowest BCUT2D eigenvalue weighted by atomic mass is 10.5. The van der Waals surface area contributed by atoms with Gasteiger partial charge in [-0.25, -0.2) is 9.59 Å². The number of hydrogen-bond donors (Lipinski definition) is 0. The number of carbonyl (C=O) groups excluding carboxylic acids is 2. The van der Waals surface area contributed by atoms with E-state index in [-0.39, 0.29) is 19.6 Å². The molecule has 12 heteroatoms. The number of carbonyl (C=O) groups is 2. The summed E-state index contributed by atoms with van der Waals surface area (Å²) in [5.41, 5.74) is 0. The van der Waals surface area contributed by atoms with Gasteiger partial charge in [0, 0.05) is 18.6 Å². The molecule has 4 nitrogen and oxygen atoms in total. The molecule has 0 amide bonds. The third kappa shape index (κ3) is 18.9. The molecule has 0 aromatic carbocycles. The van der Waals surface area contributed by atoms with Crippen molar-refractivity contribution < 1.29 is 45.4 Å². The quantitative estimate of drug-likeness (QED) is 0.233. The van der Waals surface area contributed by atoms with E-state index in [9.17, 15) is 35.9 Å². The van der Waals surface area contributed by atoms with Crippen molar-refractivity contribution in [3.63, 3.8) is 0 Å². The molecule has 0 rings (SSSR count). The molecule has 0 bridgehead atoms. The Kier molecular flexibility index (Phi) is 11.5. The van der Waals surface area contributed by atoms with Crippen LogP contribution in [0.15, 0.2) is 23.0 Å². The third-order valence-electron chi connectivity index (χ3n) is 1.87.